The number of aryl methyl sites for hydroxylation is 1. The highest BCUT2D eigenvalue weighted by Crippen LogP contribution is 2.38. The van der Waals surface area contributed by atoms with Gasteiger partial charge in [0, 0.05) is 30.8 Å². The third-order valence-electron chi connectivity index (χ3n) is 12.3. The first-order valence-corrected chi connectivity index (χ1v) is 24.2. The molecule has 7 N–H and O–H groups in total. The van der Waals surface area contributed by atoms with Gasteiger partial charge in [-0.2, -0.15) is 0 Å². The molecular weight excluding hydrogens is 962 g/mol. The van der Waals surface area contributed by atoms with Crippen molar-refractivity contribution in [2.24, 2.45) is 0 Å². The highest BCUT2D eigenvalue weighted by atomic mass is 35.5. The van der Waals surface area contributed by atoms with Crippen LogP contribution in [-0.4, -0.2) is 71.1 Å². The van der Waals surface area contributed by atoms with E-state index in [-0.39, 0.29) is 52.4 Å². The van der Waals surface area contributed by atoms with Crippen LogP contribution in [-0.2, 0) is 49.0 Å². The number of aliphatic hydroxyl groups excluding tert-OH is 2. The van der Waals surface area contributed by atoms with Gasteiger partial charge in [-0.05, 0) is 108 Å². The Bertz CT molecular complexity index is 2920. The molecule has 2 aromatic heterocycles. The summed E-state index contributed by atoms with van der Waals surface area (Å²) in [6, 6.07) is 34.6. The van der Waals surface area contributed by atoms with E-state index >= 15 is 0 Å². The lowest BCUT2D eigenvalue weighted by molar-refractivity contribution is -0.140. The summed E-state index contributed by atoms with van der Waals surface area (Å²) in [5.74, 6) is 0.952. The van der Waals surface area contributed by atoms with E-state index in [1.165, 1.54) is 0 Å². The number of nitrogens with zero attached hydrogens (tertiary/aromatic N) is 2. The van der Waals surface area contributed by atoms with E-state index in [1.807, 2.05) is 72.8 Å². The lowest BCUT2D eigenvalue weighted by Gasteiger charge is -2.19. The van der Waals surface area contributed by atoms with Crippen LogP contribution in [0, 0.1) is 13.8 Å². The van der Waals surface area contributed by atoms with E-state index in [9.17, 15) is 19.8 Å². The number of aliphatic carboxylic acids is 2. The molecule has 15 nitrogen and oxygen atoms in total. The summed E-state index contributed by atoms with van der Waals surface area (Å²) in [4.78, 5) is 38.1. The lowest BCUT2D eigenvalue weighted by atomic mass is 9.92. The van der Waals surface area contributed by atoms with E-state index < -0.39 is 24.1 Å². The normalized spacial score (nSPS) is 12.2. The van der Waals surface area contributed by atoms with Crippen molar-refractivity contribution in [3.8, 4) is 34.1 Å². The first-order chi connectivity index (χ1) is 34.8. The number of aromatic nitrogens is 4. The number of benzene rings is 6. The van der Waals surface area contributed by atoms with Gasteiger partial charge in [-0.25, -0.2) is 9.97 Å². The summed E-state index contributed by atoms with van der Waals surface area (Å²) in [6.07, 6.45) is -1.46. The number of para-hydroxylation sites is 4. The van der Waals surface area contributed by atoms with Gasteiger partial charge in [0.25, 0.3) is 0 Å². The molecule has 0 spiro atoms. The van der Waals surface area contributed by atoms with Crippen LogP contribution < -0.4 is 24.3 Å². The average molecular weight is 1020 g/mol. The van der Waals surface area contributed by atoms with Gasteiger partial charge in [-0.15, -0.1) is 0 Å². The fourth-order valence-corrected chi connectivity index (χ4v) is 8.95. The number of carboxylic acid groups (broad SMARTS) is 2. The third kappa shape index (κ3) is 13.2. The van der Waals surface area contributed by atoms with Gasteiger partial charge in [0.1, 0.15) is 61.1 Å². The fraction of sp³-hybridized carbons (Fsp3) is 0.273. The van der Waals surface area contributed by atoms with Crippen molar-refractivity contribution in [2.45, 2.75) is 91.1 Å². The number of ether oxygens (including phenoxy) is 4. The number of hydrogen-bond acceptors (Lipinski definition) is 11. The maximum absolute atomic E-state index is 11.1. The minimum absolute atomic E-state index is 0.0506. The first kappa shape index (κ1) is 51.2. The summed E-state index contributed by atoms with van der Waals surface area (Å²) in [5, 5.41) is 42.4. The third-order valence-corrected chi connectivity index (χ3v) is 12.9. The molecule has 2 atom stereocenters. The van der Waals surface area contributed by atoms with Gasteiger partial charge in [0.15, 0.2) is 0 Å². The van der Waals surface area contributed by atoms with Gasteiger partial charge in [0.2, 0.25) is 0 Å². The summed E-state index contributed by atoms with van der Waals surface area (Å²) in [7, 11) is 0. The molecule has 0 saturated heterocycles. The average Bonchev–Trinajstić information content (AvgIpc) is 3.97. The van der Waals surface area contributed by atoms with Crippen LogP contribution in [0.2, 0.25) is 10.0 Å². The molecule has 8 rings (SSSR count). The van der Waals surface area contributed by atoms with Crippen LogP contribution in [0.3, 0.4) is 0 Å². The lowest BCUT2D eigenvalue weighted by Crippen LogP contribution is -2.28. The molecule has 0 radical (unpaired) electrons. The minimum Gasteiger partial charge on any atom is -0.487 e. The zero-order valence-electron chi connectivity index (χ0n) is 39.7. The Labute approximate surface area is 425 Å². The quantitative estimate of drug-likeness (QED) is 0.0284. The maximum Gasteiger partial charge on any atom is 0.306 e. The van der Waals surface area contributed by atoms with Crippen molar-refractivity contribution >= 4 is 57.2 Å². The Hall–Kier alpha value is -7.14. The highest BCUT2D eigenvalue weighted by Gasteiger charge is 2.19. The molecule has 0 aliphatic heterocycles. The SMILES string of the molecule is Cc1c(COc2cc(OCc3nc4ccccc4[nH]3)c(CCC[C@@H](O)CC(=O)O)cc2Cl)cccc1-c1cccc(COc2cc(OCc3nc4ccccc4[nH]3)c(CNC[C@@H](O)CC(=O)O)cc2Cl)c1C. The summed E-state index contributed by atoms with van der Waals surface area (Å²) < 4.78 is 25.5. The van der Waals surface area contributed by atoms with E-state index in [0.29, 0.717) is 69.5 Å². The Kier molecular flexibility index (Phi) is 17.0. The zero-order valence-corrected chi connectivity index (χ0v) is 41.2. The van der Waals surface area contributed by atoms with Crippen molar-refractivity contribution in [3.63, 3.8) is 0 Å². The van der Waals surface area contributed by atoms with E-state index in [2.05, 4.69) is 51.2 Å². The number of halogens is 2. The number of aliphatic hydroxyl groups is 2. The van der Waals surface area contributed by atoms with Crippen molar-refractivity contribution in [3.05, 3.63) is 164 Å². The highest BCUT2D eigenvalue weighted by molar-refractivity contribution is 6.32. The van der Waals surface area contributed by atoms with Crippen LogP contribution in [0.15, 0.2) is 109 Å². The molecule has 0 fully saturated rings. The van der Waals surface area contributed by atoms with Gasteiger partial charge in [-0.1, -0.05) is 83.9 Å². The smallest absolute Gasteiger partial charge is 0.306 e. The van der Waals surface area contributed by atoms with Crippen LogP contribution in [0.1, 0.15) is 70.7 Å². The predicted molar refractivity (Wildman–Crippen MR) is 275 cm³/mol. The second-order valence-corrected chi connectivity index (χ2v) is 18.4. The van der Waals surface area contributed by atoms with Crippen molar-refractivity contribution < 1.29 is 49.0 Å². The standard InChI is InChI=1S/C55H55Cl2N5O10/c1-32-35(28-69-50-24-48(71-30-52-59-44-16-3-4-17-45(44)60-52)34(20-42(50)56)10-7-13-38(63)22-54(65)66)11-8-14-40(32)41-15-9-12-36(33(41)2)29-70-51-25-49(72-31-53-61-46-18-5-6-19-47(46)62-53)37(21-43(51)57)26-58-27-39(64)23-55(67)68/h3-6,8-9,11-12,14-21,24-25,38-39,58,63-64H,7,10,13,22-23,26-31H2,1-2H3,(H,59,60)(H,61,62)(H,65,66)(H,67,68)/t38-,39+/m1/s1. The molecule has 8 aromatic rings. The number of carbonyl (C=O) groups is 2. The van der Waals surface area contributed by atoms with Crippen LogP contribution in [0.25, 0.3) is 33.2 Å². The van der Waals surface area contributed by atoms with E-state index in [1.54, 1.807) is 24.3 Å². The molecular formula is C55H55Cl2N5O10. The molecule has 0 bridgehead atoms. The van der Waals surface area contributed by atoms with E-state index in [0.717, 1.165) is 61.0 Å². The van der Waals surface area contributed by atoms with Gasteiger partial charge in [-0.3, -0.25) is 9.59 Å². The number of imidazole rings is 2. The molecule has 0 aliphatic carbocycles. The van der Waals surface area contributed by atoms with Gasteiger partial charge >= 0.3 is 11.9 Å². The van der Waals surface area contributed by atoms with Crippen molar-refractivity contribution in [1.82, 2.24) is 25.3 Å². The molecule has 2 heterocycles. The van der Waals surface area contributed by atoms with Crippen LogP contribution in [0.4, 0.5) is 0 Å². The Morgan fingerprint density at radius 2 is 1.06 bits per heavy atom. The van der Waals surface area contributed by atoms with Crippen LogP contribution >= 0.6 is 23.2 Å². The number of rotatable bonds is 25. The first-order valence-electron chi connectivity index (χ1n) is 23.5. The summed E-state index contributed by atoms with van der Waals surface area (Å²) in [6.45, 7) is 5.07. The Morgan fingerprint density at radius 1 is 0.583 bits per heavy atom. The minimum atomic E-state index is -1.09. The molecule has 374 valence electrons. The van der Waals surface area contributed by atoms with Gasteiger partial charge in [0.05, 0.1) is 57.2 Å². The Morgan fingerprint density at radius 3 is 1.57 bits per heavy atom. The van der Waals surface area contributed by atoms with E-state index in [4.69, 9.17) is 52.4 Å². The summed E-state index contributed by atoms with van der Waals surface area (Å²) >= 11 is 13.7. The largest absolute Gasteiger partial charge is 0.487 e. The molecule has 72 heavy (non-hydrogen) atoms. The molecule has 0 saturated carbocycles. The monoisotopic (exact) mass is 1020 g/mol. The second kappa shape index (κ2) is 23.8. The van der Waals surface area contributed by atoms with Crippen molar-refractivity contribution in [2.75, 3.05) is 6.54 Å². The molecule has 0 amide bonds. The number of fused-ring (bicyclic) bond motifs is 2. The second-order valence-electron chi connectivity index (χ2n) is 17.5. The molecule has 0 aliphatic rings. The van der Waals surface area contributed by atoms with Gasteiger partial charge < -0.3 is 54.7 Å². The number of nitrogens with one attached hydrogen (secondary N) is 3. The maximum atomic E-state index is 11.1. The number of carboxylic acids is 2. The summed E-state index contributed by atoms with van der Waals surface area (Å²) in [5.41, 5.74) is 10.8. The fourth-order valence-electron chi connectivity index (χ4n) is 8.47. The number of H-pyrrole nitrogens is 2. The molecule has 6 aromatic carbocycles. The topological polar surface area (TPSA) is 221 Å². The zero-order chi connectivity index (χ0) is 50.7. The Balaban J connectivity index is 0.970. The van der Waals surface area contributed by atoms with Crippen LogP contribution in [0.5, 0.6) is 23.0 Å². The molecule has 17 heteroatoms. The van der Waals surface area contributed by atoms with Crippen molar-refractivity contribution in [1.29, 1.82) is 0 Å². The molecule has 0 unspecified atom stereocenters. The predicted octanol–water partition coefficient (Wildman–Crippen LogP) is 10.4. The number of hydrogen-bond donors (Lipinski definition) is 7. The number of aromatic amines is 2.